The maximum absolute atomic E-state index is 13.0. The first-order valence-corrected chi connectivity index (χ1v) is 11.2. The van der Waals surface area contributed by atoms with E-state index < -0.39 is 6.35 Å². The molecule has 11 heteroatoms. The summed E-state index contributed by atoms with van der Waals surface area (Å²) in [5.41, 5.74) is 2.53. The second-order valence-electron chi connectivity index (χ2n) is 8.61. The Kier molecular flexibility index (Phi) is 5.21. The molecule has 1 atom stereocenters. The van der Waals surface area contributed by atoms with E-state index in [0.717, 1.165) is 18.4 Å². The summed E-state index contributed by atoms with van der Waals surface area (Å²) < 4.78 is 7.55. The van der Waals surface area contributed by atoms with Gasteiger partial charge in [0.05, 0.1) is 29.2 Å². The fourth-order valence-electron chi connectivity index (χ4n) is 3.97. The summed E-state index contributed by atoms with van der Waals surface area (Å²) in [7, 11) is 0. The number of aliphatic hydroxyl groups excluding tert-OH is 1. The number of hydrogen-bond donors (Lipinski definition) is 4. The van der Waals surface area contributed by atoms with Gasteiger partial charge < -0.3 is 14.8 Å². The van der Waals surface area contributed by atoms with Gasteiger partial charge in [0.1, 0.15) is 11.5 Å². The average molecular weight is 460 g/mol. The van der Waals surface area contributed by atoms with Crippen LogP contribution in [0.5, 0.6) is 0 Å². The summed E-state index contributed by atoms with van der Waals surface area (Å²) in [6.07, 6.45) is 8.41. The van der Waals surface area contributed by atoms with Gasteiger partial charge in [0.25, 0.3) is 5.91 Å². The van der Waals surface area contributed by atoms with Crippen LogP contribution < -0.4 is 10.6 Å². The fraction of sp³-hybridized carbons (Fsp3) is 0.304. The van der Waals surface area contributed by atoms with Crippen LogP contribution in [0, 0.1) is 0 Å². The zero-order chi connectivity index (χ0) is 23.1. The van der Waals surface area contributed by atoms with Gasteiger partial charge in [-0.15, -0.1) is 0 Å². The second-order valence-corrected chi connectivity index (χ2v) is 8.61. The van der Waals surface area contributed by atoms with Crippen LogP contribution in [0.15, 0.2) is 59.5 Å². The van der Waals surface area contributed by atoms with Crippen LogP contribution in [0.4, 0.5) is 5.69 Å². The van der Waals surface area contributed by atoms with Gasteiger partial charge in [-0.05, 0) is 37.1 Å². The van der Waals surface area contributed by atoms with Crippen molar-refractivity contribution in [3.8, 4) is 22.7 Å². The average Bonchev–Trinajstić information content (AvgIpc) is 3.23. The van der Waals surface area contributed by atoms with E-state index in [1.165, 1.54) is 0 Å². The Balaban J connectivity index is 1.21. The highest BCUT2D eigenvalue weighted by Crippen LogP contribution is 2.31. The van der Waals surface area contributed by atoms with E-state index >= 15 is 0 Å². The molecular formula is C23H24N8O3. The van der Waals surface area contributed by atoms with Gasteiger partial charge in [-0.1, -0.05) is 6.07 Å². The Bertz CT molecular complexity index is 1270. The van der Waals surface area contributed by atoms with Crippen LogP contribution in [-0.2, 0) is 0 Å². The summed E-state index contributed by atoms with van der Waals surface area (Å²) in [6.45, 7) is 1.31. The molecule has 1 unspecified atom stereocenters. The van der Waals surface area contributed by atoms with Crippen LogP contribution in [0.25, 0.3) is 22.7 Å². The van der Waals surface area contributed by atoms with E-state index in [-0.39, 0.29) is 17.7 Å². The lowest BCUT2D eigenvalue weighted by Crippen LogP contribution is -2.58. The van der Waals surface area contributed by atoms with Crippen molar-refractivity contribution in [2.45, 2.75) is 31.3 Å². The number of anilines is 1. The number of aromatic nitrogens is 5. The minimum atomic E-state index is -0.642. The highest BCUT2D eigenvalue weighted by molar-refractivity contribution is 6.04. The third-order valence-corrected chi connectivity index (χ3v) is 6.07. The van der Waals surface area contributed by atoms with Crippen molar-refractivity contribution in [3.63, 3.8) is 0 Å². The number of nitrogens with one attached hydrogen (secondary N) is 3. The van der Waals surface area contributed by atoms with Gasteiger partial charge in [0.2, 0.25) is 0 Å². The maximum atomic E-state index is 13.0. The number of amides is 1. The van der Waals surface area contributed by atoms with Gasteiger partial charge in [0.15, 0.2) is 12.1 Å². The number of carbonyl (C=O) groups is 1. The van der Waals surface area contributed by atoms with Gasteiger partial charge in [-0.2, -0.15) is 10.2 Å². The molecule has 34 heavy (non-hydrogen) atoms. The van der Waals surface area contributed by atoms with Gasteiger partial charge in [-0.3, -0.25) is 29.8 Å². The summed E-state index contributed by atoms with van der Waals surface area (Å²) >= 11 is 0. The Morgan fingerprint density at radius 3 is 2.85 bits per heavy atom. The standard InChI is InChI=1S/C23H24N8O3/c32-22(20-7-6-19(34-20)14-9-25-26-10-14)28-18-13-31(29-21(18)17-3-1-2-8-24-17)16-11-30(12-16)23(33)27-15-4-5-15/h1-3,6-10,13,15-16,23,27,33H,4-5,11-12H2,(H,25,26)(H,28,32). The zero-order valence-electron chi connectivity index (χ0n) is 18.3. The first-order chi connectivity index (χ1) is 16.6. The van der Waals surface area contributed by atoms with Gasteiger partial charge in [-0.25, -0.2) is 0 Å². The van der Waals surface area contributed by atoms with Crippen LogP contribution in [0.1, 0.15) is 29.4 Å². The number of aromatic amines is 1. The molecule has 1 aliphatic carbocycles. The SMILES string of the molecule is O=C(Nc1cn(C2CN(C(O)NC3CC3)C2)nc1-c1ccccn1)c1ccc(-c2cn[nH]c2)o1. The minimum Gasteiger partial charge on any atom is -0.451 e. The molecule has 4 aromatic rings. The number of H-pyrrole nitrogens is 1. The van der Waals surface area contributed by atoms with Crippen molar-refractivity contribution >= 4 is 11.6 Å². The largest absolute Gasteiger partial charge is 0.451 e. The van der Waals surface area contributed by atoms with Crippen molar-refractivity contribution in [2.24, 2.45) is 0 Å². The Morgan fingerprint density at radius 2 is 2.12 bits per heavy atom. The molecule has 174 valence electrons. The Morgan fingerprint density at radius 1 is 1.24 bits per heavy atom. The van der Waals surface area contributed by atoms with Crippen LogP contribution >= 0.6 is 0 Å². The maximum Gasteiger partial charge on any atom is 0.291 e. The first kappa shape index (κ1) is 20.8. The molecule has 0 radical (unpaired) electrons. The first-order valence-electron chi connectivity index (χ1n) is 11.2. The number of furan rings is 1. The van der Waals surface area contributed by atoms with Crippen LogP contribution in [0.3, 0.4) is 0 Å². The molecule has 1 amide bonds. The lowest BCUT2D eigenvalue weighted by molar-refractivity contribution is -0.0823. The normalized spacial score (nSPS) is 17.4. The van der Waals surface area contributed by atoms with Crippen molar-refractivity contribution in [1.82, 2.24) is 35.2 Å². The molecule has 4 N–H and O–H groups in total. The molecule has 11 nitrogen and oxygen atoms in total. The molecular weight excluding hydrogens is 436 g/mol. The number of carbonyl (C=O) groups excluding carboxylic acids is 1. The second kappa shape index (κ2) is 8.52. The summed E-state index contributed by atoms with van der Waals surface area (Å²) in [6, 6.07) is 9.42. The fourth-order valence-corrected chi connectivity index (χ4v) is 3.97. The third-order valence-electron chi connectivity index (χ3n) is 6.07. The monoisotopic (exact) mass is 460 g/mol. The van der Waals surface area contributed by atoms with E-state index in [4.69, 9.17) is 9.52 Å². The lowest BCUT2D eigenvalue weighted by Gasteiger charge is -2.42. The molecule has 5 heterocycles. The number of hydrogen-bond acceptors (Lipinski definition) is 8. The number of likely N-dealkylation sites (tertiary alicyclic amines) is 1. The van der Waals surface area contributed by atoms with Gasteiger partial charge >= 0.3 is 0 Å². The molecule has 1 saturated carbocycles. The predicted molar refractivity (Wildman–Crippen MR) is 122 cm³/mol. The van der Waals surface area contributed by atoms with E-state index in [2.05, 4.69) is 25.8 Å². The zero-order valence-corrected chi connectivity index (χ0v) is 18.3. The number of nitrogens with zero attached hydrogens (tertiary/aromatic N) is 5. The topological polar surface area (TPSA) is 137 Å². The molecule has 0 spiro atoms. The molecule has 2 fully saturated rings. The van der Waals surface area contributed by atoms with E-state index in [9.17, 15) is 9.90 Å². The highest BCUT2D eigenvalue weighted by Gasteiger charge is 2.36. The third kappa shape index (κ3) is 4.12. The predicted octanol–water partition coefficient (Wildman–Crippen LogP) is 2.07. The van der Waals surface area contributed by atoms with E-state index in [0.29, 0.717) is 42.0 Å². The van der Waals surface area contributed by atoms with E-state index in [1.54, 1.807) is 30.7 Å². The highest BCUT2D eigenvalue weighted by atomic mass is 16.4. The molecule has 0 aromatic carbocycles. The Labute approximate surface area is 194 Å². The molecule has 1 aliphatic heterocycles. The number of pyridine rings is 1. The quantitative estimate of drug-likeness (QED) is 0.293. The Hall–Kier alpha value is -3.80. The molecule has 2 aliphatic rings. The number of aliphatic hydroxyl groups is 1. The summed E-state index contributed by atoms with van der Waals surface area (Å²) in [4.78, 5) is 19.3. The summed E-state index contributed by atoms with van der Waals surface area (Å²) in [5.74, 6) is 0.346. The minimum absolute atomic E-state index is 0.0834. The smallest absolute Gasteiger partial charge is 0.291 e. The van der Waals surface area contributed by atoms with Crippen molar-refractivity contribution in [2.75, 3.05) is 18.4 Å². The van der Waals surface area contributed by atoms with E-state index in [1.807, 2.05) is 34.0 Å². The van der Waals surface area contributed by atoms with Crippen LogP contribution in [0.2, 0.25) is 0 Å². The molecule has 6 rings (SSSR count). The summed E-state index contributed by atoms with van der Waals surface area (Å²) in [5, 5.41) is 27.8. The lowest BCUT2D eigenvalue weighted by atomic mass is 10.1. The molecule has 1 saturated heterocycles. The number of rotatable bonds is 8. The molecule has 0 bridgehead atoms. The van der Waals surface area contributed by atoms with Crippen LogP contribution in [-0.4, -0.2) is 66.4 Å². The molecule has 4 aromatic heterocycles. The van der Waals surface area contributed by atoms with Crippen molar-refractivity contribution in [3.05, 3.63) is 60.9 Å². The van der Waals surface area contributed by atoms with Crippen molar-refractivity contribution in [1.29, 1.82) is 0 Å². The van der Waals surface area contributed by atoms with Crippen molar-refractivity contribution < 1.29 is 14.3 Å². The van der Waals surface area contributed by atoms with Gasteiger partial charge in [0, 0.05) is 37.7 Å².